The highest BCUT2D eigenvalue weighted by Crippen LogP contribution is 2.31. The topological polar surface area (TPSA) is 73.8 Å². The van der Waals surface area contributed by atoms with Crippen LogP contribution in [-0.2, 0) is 7.05 Å². The lowest BCUT2D eigenvalue weighted by molar-refractivity contribution is 0.772. The van der Waals surface area contributed by atoms with Gasteiger partial charge >= 0.3 is 0 Å². The number of hydrogen-bond donors (Lipinski definition) is 0. The largest absolute Gasteiger partial charge is 0.265 e. The summed E-state index contributed by atoms with van der Waals surface area (Å²) in [5.41, 5.74) is 1.68. The van der Waals surface area contributed by atoms with Gasteiger partial charge < -0.3 is 0 Å². The van der Waals surface area contributed by atoms with Crippen LogP contribution in [0.4, 0.5) is 0 Å². The van der Waals surface area contributed by atoms with Gasteiger partial charge in [-0.25, -0.2) is 0 Å². The molecule has 0 N–H and O–H groups in total. The highest BCUT2D eigenvalue weighted by atomic mass is 35.5. The Morgan fingerprint density at radius 3 is 2.71 bits per heavy atom. The van der Waals surface area contributed by atoms with E-state index in [4.69, 9.17) is 11.6 Å². The smallest absolute Gasteiger partial charge is 0.235 e. The van der Waals surface area contributed by atoms with Crippen molar-refractivity contribution in [3.05, 3.63) is 35.7 Å². The number of aryl methyl sites for hydroxylation is 1. The Labute approximate surface area is 127 Å². The van der Waals surface area contributed by atoms with Crippen molar-refractivity contribution < 1.29 is 0 Å². The van der Waals surface area contributed by atoms with Crippen LogP contribution in [0.1, 0.15) is 0 Å². The molecule has 0 bridgehead atoms. The van der Waals surface area contributed by atoms with E-state index in [1.165, 1.54) is 11.3 Å². The van der Waals surface area contributed by atoms with E-state index in [0.29, 0.717) is 15.8 Å². The summed E-state index contributed by atoms with van der Waals surface area (Å²) >= 11 is 7.58. The lowest BCUT2D eigenvalue weighted by Crippen LogP contribution is -1.95. The van der Waals surface area contributed by atoms with E-state index in [2.05, 4.69) is 25.4 Å². The molecule has 0 saturated carbocycles. The molecule has 0 aromatic carbocycles. The second-order valence-electron chi connectivity index (χ2n) is 4.33. The van der Waals surface area contributed by atoms with Crippen LogP contribution in [0.15, 0.2) is 30.7 Å². The fourth-order valence-electron chi connectivity index (χ4n) is 2.04. The van der Waals surface area contributed by atoms with Crippen LogP contribution < -0.4 is 0 Å². The van der Waals surface area contributed by atoms with Crippen LogP contribution in [0.3, 0.4) is 0 Å². The van der Waals surface area contributed by atoms with E-state index in [-0.39, 0.29) is 0 Å². The molecule has 9 heteroatoms. The molecule has 7 nitrogen and oxygen atoms in total. The molecule has 4 heterocycles. The first-order valence-electron chi connectivity index (χ1n) is 6.04. The second kappa shape index (κ2) is 4.61. The first-order valence-corrected chi connectivity index (χ1v) is 7.24. The molecule has 0 aliphatic rings. The zero-order valence-corrected chi connectivity index (χ0v) is 12.4. The molecule has 0 amide bonds. The molecule has 4 aromatic rings. The maximum Gasteiger partial charge on any atom is 0.235 e. The van der Waals surface area contributed by atoms with Crippen LogP contribution in [0.2, 0.25) is 5.02 Å². The zero-order valence-electron chi connectivity index (χ0n) is 10.8. The highest BCUT2D eigenvalue weighted by Gasteiger charge is 2.18. The molecule has 0 aliphatic heterocycles. The van der Waals surface area contributed by atoms with Crippen molar-refractivity contribution in [3.8, 4) is 22.1 Å². The second-order valence-corrected chi connectivity index (χ2v) is 5.69. The summed E-state index contributed by atoms with van der Waals surface area (Å²) in [4.78, 5) is 4.70. The molecule has 0 unspecified atom stereocenters. The van der Waals surface area contributed by atoms with E-state index in [0.717, 1.165) is 16.3 Å². The third-order valence-electron chi connectivity index (χ3n) is 3.03. The average molecular weight is 318 g/mol. The van der Waals surface area contributed by atoms with Gasteiger partial charge in [0.1, 0.15) is 5.69 Å². The lowest BCUT2D eigenvalue weighted by atomic mass is 10.2. The Morgan fingerprint density at radius 1 is 1.19 bits per heavy atom. The Hall–Kier alpha value is -2.32. The van der Waals surface area contributed by atoms with Gasteiger partial charge in [0.15, 0.2) is 10.8 Å². The predicted octanol–water partition coefficient (Wildman–Crippen LogP) is 2.30. The molecule has 21 heavy (non-hydrogen) atoms. The van der Waals surface area contributed by atoms with Crippen molar-refractivity contribution in [3.63, 3.8) is 0 Å². The summed E-state index contributed by atoms with van der Waals surface area (Å²) in [7, 11) is 1.83. The standard InChI is InChI=1S/C12H8ClN7S/c1-19-9(8(13)6-15-19)11-18-20-10(16-17-12(20)21-11)7-2-4-14-5-3-7/h2-6H,1H3. The first-order chi connectivity index (χ1) is 10.2. The maximum atomic E-state index is 6.16. The number of aromatic nitrogens is 7. The normalized spacial score (nSPS) is 11.3. The van der Waals surface area contributed by atoms with Crippen molar-refractivity contribution in [2.75, 3.05) is 0 Å². The minimum absolute atomic E-state index is 0.563. The van der Waals surface area contributed by atoms with Crippen LogP contribution in [-0.4, -0.2) is 34.6 Å². The van der Waals surface area contributed by atoms with Gasteiger partial charge in [-0.15, -0.1) is 10.2 Å². The highest BCUT2D eigenvalue weighted by molar-refractivity contribution is 7.19. The molecule has 0 radical (unpaired) electrons. The minimum Gasteiger partial charge on any atom is -0.265 e. The summed E-state index contributed by atoms with van der Waals surface area (Å²) in [6.45, 7) is 0. The van der Waals surface area contributed by atoms with E-state index < -0.39 is 0 Å². The number of hydrogen-bond acceptors (Lipinski definition) is 6. The van der Waals surface area contributed by atoms with Crippen LogP contribution in [0.25, 0.3) is 27.1 Å². The number of fused-ring (bicyclic) bond motifs is 1. The summed E-state index contributed by atoms with van der Waals surface area (Å²) < 4.78 is 3.40. The average Bonchev–Trinajstić information content (AvgIpc) is 3.14. The molecular formula is C12H8ClN7S. The van der Waals surface area contributed by atoms with Gasteiger partial charge in [0.05, 0.1) is 11.2 Å². The lowest BCUT2D eigenvalue weighted by Gasteiger charge is -1.97. The van der Waals surface area contributed by atoms with Crippen LogP contribution in [0, 0.1) is 0 Å². The Kier molecular flexibility index (Phi) is 2.72. The molecule has 0 fully saturated rings. The van der Waals surface area contributed by atoms with Gasteiger partial charge in [0.2, 0.25) is 4.96 Å². The van der Waals surface area contributed by atoms with E-state index in [1.807, 2.05) is 19.2 Å². The van der Waals surface area contributed by atoms with E-state index >= 15 is 0 Å². The van der Waals surface area contributed by atoms with Crippen molar-refractivity contribution in [1.82, 2.24) is 34.6 Å². The Bertz CT molecular complexity index is 904. The van der Waals surface area contributed by atoms with Crippen LogP contribution >= 0.6 is 22.9 Å². The maximum absolute atomic E-state index is 6.16. The Balaban J connectivity index is 1.91. The van der Waals surface area contributed by atoms with Crippen molar-refractivity contribution in [1.29, 1.82) is 0 Å². The van der Waals surface area contributed by atoms with Crippen molar-refractivity contribution in [2.24, 2.45) is 7.05 Å². The van der Waals surface area contributed by atoms with Crippen molar-refractivity contribution >= 4 is 27.9 Å². The van der Waals surface area contributed by atoms with Gasteiger partial charge in [-0.1, -0.05) is 22.9 Å². The minimum atomic E-state index is 0.563. The van der Waals surface area contributed by atoms with Gasteiger partial charge in [-0.3, -0.25) is 9.67 Å². The molecule has 4 rings (SSSR count). The van der Waals surface area contributed by atoms with Gasteiger partial charge in [-0.2, -0.15) is 14.7 Å². The van der Waals surface area contributed by atoms with E-state index in [1.54, 1.807) is 27.8 Å². The van der Waals surface area contributed by atoms with Gasteiger partial charge in [0.25, 0.3) is 0 Å². The molecule has 0 aliphatic carbocycles. The zero-order chi connectivity index (χ0) is 14.4. The Morgan fingerprint density at radius 2 is 2.00 bits per heavy atom. The monoisotopic (exact) mass is 317 g/mol. The third kappa shape index (κ3) is 1.91. The predicted molar refractivity (Wildman–Crippen MR) is 79.1 cm³/mol. The summed E-state index contributed by atoms with van der Waals surface area (Å²) in [6.07, 6.45) is 5.02. The number of nitrogens with zero attached hydrogens (tertiary/aromatic N) is 7. The number of pyridine rings is 1. The quantitative estimate of drug-likeness (QED) is 0.567. The fraction of sp³-hybridized carbons (Fsp3) is 0.0833. The molecule has 0 atom stereocenters. The first kappa shape index (κ1) is 12.4. The number of halogens is 1. The molecular weight excluding hydrogens is 310 g/mol. The van der Waals surface area contributed by atoms with Gasteiger partial charge in [0, 0.05) is 25.0 Å². The molecule has 0 spiro atoms. The summed E-state index contributed by atoms with van der Waals surface area (Å²) in [6, 6.07) is 3.74. The van der Waals surface area contributed by atoms with Gasteiger partial charge in [-0.05, 0) is 12.1 Å². The molecule has 4 aromatic heterocycles. The van der Waals surface area contributed by atoms with Crippen molar-refractivity contribution in [2.45, 2.75) is 0 Å². The fourth-order valence-corrected chi connectivity index (χ4v) is 3.29. The number of rotatable bonds is 2. The summed E-state index contributed by atoms with van der Waals surface area (Å²) in [5.74, 6) is 0.674. The van der Waals surface area contributed by atoms with Crippen LogP contribution in [0.5, 0.6) is 0 Å². The van der Waals surface area contributed by atoms with E-state index in [9.17, 15) is 0 Å². The molecule has 0 saturated heterocycles. The summed E-state index contributed by atoms with van der Waals surface area (Å²) in [5, 5.41) is 18.3. The molecule has 104 valence electrons. The third-order valence-corrected chi connectivity index (χ3v) is 4.21. The SMILES string of the molecule is Cn1ncc(Cl)c1-c1nn2c(-c3ccncc3)nnc2s1.